The molecule has 122 valence electrons. The third kappa shape index (κ3) is 4.89. The minimum absolute atomic E-state index is 0.0957. The molecule has 0 aliphatic rings. The molecule has 6 heteroatoms. The number of carbonyl (C=O) groups is 1. The molecule has 0 aromatic heterocycles. The lowest BCUT2D eigenvalue weighted by atomic mass is 9.94. The zero-order valence-corrected chi connectivity index (χ0v) is 13.8. The molecule has 22 heavy (non-hydrogen) atoms. The maximum absolute atomic E-state index is 11.6. The van der Waals surface area contributed by atoms with E-state index < -0.39 is 10.5 Å². The van der Waals surface area contributed by atoms with Gasteiger partial charge in [0.15, 0.2) is 5.78 Å². The molecule has 2 N–H and O–H groups in total. The highest BCUT2D eigenvalue weighted by Crippen LogP contribution is 2.30. The highest BCUT2D eigenvalue weighted by atomic mass is 16.6. The molecule has 0 saturated carbocycles. The highest BCUT2D eigenvalue weighted by Gasteiger charge is 2.26. The van der Waals surface area contributed by atoms with E-state index in [9.17, 15) is 14.9 Å². The molecule has 0 aliphatic carbocycles. The van der Waals surface area contributed by atoms with Gasteiger partial charge in [-0.2, -0.15) is 0 Å². The minimum atomic E-state index is -0.662. The van der Waals surface area contributed by atoms with Crippen molar-refractivity contribution < 1.29 is 14.5 Å². The van der Waals surface area contributed by atoms with Crippen molar-refractivity contribution in [3.8, 4) is 0 Å². The summed E-state index contributed by atoms with van der Waals surface area (Å²) in [6.07, 6.45) is 0.684. The minimum Gasteiger partial charge on any atom is -0.371 e. The number of ketones is 1. The van der Waals surface area contributed by atoms with Gasteiger partial charge in [0.2, 0.25) is 0 Å². The van der Waals surface area contributed by atoms with Crippen LogP contribution in [0.15, 0.2) is 18.2 Å². The Kier molecular flexibility index (Phi) is 5.43. The van der Waals surface area contributed by atoms with Crippen LogP contribution >= 0.6 is 0 Å². The van der Waals surface area contributed by atoms with Crippen LogP contribution in [-0.4, -0.2) is 22.9 Å². The van der Waals surface area contributed by atoms with Gasteiger partial charge in [-0.15, -0.1) is 0 Å². The zero-order valence-electron chi connectivity index (χ0n) is 13.8. The van der Waals surface area contributed by atoms with E-state index in [1.807, 2.05) is 27.7 Å². The average molecular weight is 308 g/mol. The molecule has 1 rings (SSSR count). The lowest BCUT2D eigenvalue weighted by Crippen LogP contribution is -2.34. The fourth-order valence-corrected chi connectivity index (χ4v) is 2.00. The number of carbonyl (C=O) groups excluding carboxylic acids is 1. The summed E-state index contributed by atoms with van der Waals surface area (Å²) in [5.41, 5.74) is 5.57. The molecular formula is C16H24N2O4. The Morgan fingerprint density at radius 1 is 1.32 bits per heavy atom. The van der Waals surface area contributed by atoms with E-state index in [2.05, 4.69) is 0 Å². The molecule has 0 spiro atoms. The van der Waals surface area contributed by atoms with Gasteiger partial charge in [-0.3, -0.25) is 14.9 Å². The van der Waals surface area contributed by atoms with Crippen molar-refractivity contribution in [1.29, 1.82) is 0 Å². The highest BCUT2D eigenvalue weighted by molar-refractivity contribution is 5.98. The van der Waals surface area contributed by atoms with Crippen LogP contribution in [0.2, 0.25) is 0 Å². The fraction of sp³-hybridized carbons (Fsp3) is 0.562. The van der Waals surface area contributed by atoms with Gasteiger partial charge in [0.05, 0.1) is 16.1 Å². The maximum Gasteiger partial charge on any atom is 0.280 e. The SMILES string of the molecule is CC(=O)c1cc(C(C)(C)OCCC(C)(C)N)ccc1[N+](=O)[O-]. The summed E-state index contributed by atoms with van der Waals surface area (Å²) in [5.74, 6) is -0.340. The van der Waals surface area contributed by atoms with E-state index in [1.165, 1.54) is 19.1 Å². The maximum atomic E-state index is 11.6. The van der Waals surface area contributed by atoms with E-state index >= 15 is 0 Å². The van der Waals surface area contributed by atoms with Crippen LogP contribution in [0.4, 0.5) is 5.69 Å². The molecule has 1 aromatic carbocycles. The monoisotopic (exact) mass is 308 g/mol. The quantitative estimate of drug-likeness (QED) is 0.474. The van der Waals surface area contributed by atoms with Crippen molar-refractivity contribution in [3.63, 3.8) is 0 Å². The van der Waals surface area contributed by atoms with Crippen molar-refractivity contribution in [2.24, 2.45) is 5.73 Å². The van der Waals surface area contributed by atoms with Crippen LogP contribution in [0.3, 0.4) is 0 Å². The Hall–Kier alpha value is -1.79. The van der Waals surface area contributed by atoms with Gasteiger partial charge < -0.3 is 10.5 Å². The first-order valence-electron chi connectivity index (χ1n) is 7.17. The predicted octanol–water partition coefficient (Wildman–Crippen LogP) is 3.18. The molecule has 1 aromatic rings. The Morgan fingerprint density at radius 2 is 1.91 bits per heavy atom. The summed E-state index contributed by atoms with van der Waals surface area (Å²) in [6, 6.07) is 4.51. The van der Waals surface area contributed by atoms with E-state index in [0.29, 0.717) is 13.0 Å². The normalized spacial score (nSPS) is 12.3. The fourth-order valence-electron chi connectivity index (χ4n) is 2.00. The van der Waals surface area contributed by atoms with Gasteiger partial charge in [-0.25, -0.2) is 0 Å². The second-order valence-corrected chi connectivity index (χ2v) is 6.64. The van der Waals surface area contributed by atoms with E-state index in [1.54, 1.807) is 6.07 Å². The Balaban J connectivity index is 3.02. The third-order valence-electron chi connectivity index (χ3n) is 3.48. The van der Waals surface area contributed by atoms with E-state index in [4.69, 9.17) is 10.5 Å². The zero-order chi connectivity index (χ0) is 17.1. The van der Waals surface area contributed by atoms with Gasteiger partial charge in [0.1, 0.15) is 0 Å². The standard InChI is InChI=1S/C16H24N2O4/c1-11(19)13-10-12(6-7-14(13)18(20)21)16(4,5)22-9-8-15(2,3)17/h6-7,10H,8-9,17H2,1-5H3. The Bertz CT molecular complexity index is 574. The summed E-state index contributed by atoms with van der Waals surface area (Å²) in [6.45, 7) is 9.34. The van der Waals surface area contributed by atoms with Crippen molar-refractivity contribution in [2.45, 2.75) is 52.2 Å². The number of nitrogens with zero attached hydrogens (tertiary/aromatic N) is 1. The smallest absolute Gasteiger partial charge is 0.280 e. The lowest BCUT2D eigenvalue weighted by Gasteiger charge is -2.28. The van der Waals surface area contributed by atoms with Gasteiger partial charge in [0, 0.05) is 18.2 Å². The number of nitrogens with two attached hydrogens (primary N) is 1. The molecule has 0 saturated heterocycles. The largest absolute Gasteiger partial charge is 0.371 e. The van der Waals surface area contributed by atoms with Crippen LogP contribution in [-0.2, 0) is 10.3 Å². The van der Waals surface area contributed by atoms with Crippen LogP contribution < -0.4 is 5.73 Å². The van der Waals surface area contributed by atoms with Gasteiger partial charge in [-0.1, -0.05) is 0 Å². The first kappa shape index (κ1) is 18.3. The van der Waals surface area contributed by atoms with Crippen molar-refractivity contribution in [3.05, 3.63) is 39.4 Å². The molecule has 0 unspecified atom stereocenters. The molecule has 0 bridgehead atoms. The summed E-state index contributed by atoms with van der Waals surface area (Å²) in [5, 5.41) is 11.0. The average Bonchev–Trinajstić information content (AvgIpc) is 2.35. The number of Topliss-reactive ketones (excluding diaryl/α,β-unsaturated/α-hetero) is 1. The molecule has 0 amide bonds. The molecule has 0 fully saturated rings. The molecule has 6 nitrogen and oxygen atoms in total. The second kappa shape index (κ2) is 6.54. The van der Waals surface area contributed by atoms with Gasteiger partial charge >= 0.3 is 0 Å². The third-order valence-corrected chi connectivity index (χ3v) is 3.48. The predicted molar refractivity (Wildman–Crippen MR) is 85.0 cm³/mol. The lowest BCUT2D eigenvalue weighted by molar-refractivity contribution is -0.385. The summed E-state index contributed by atoms with van der Waals surface area (Å²) >= 11 is 0. The van der Waals surface area contributed by atoms with E-state index in [0.717, 1.165) is 5.56 Å². The molecular weight excluding hydrogens is 284 g/mol. The van der Waals surface area contributed by atoms with Crippen LogP contribution in [0.5, 0.6) is 0 Å². The Morgan fingerprint density at radius 3 is 2.36 bits per heavy atom. The number of nitro benzene ring substituents is 1. The van der Waals surface area contributed by atoms with Crippen LogP contribution in [0.25, 0.3) is 0 Å². The second-order valence-electron chi connectivity index (χ2n) is 6.64. The molecule has 0 heterocycles. The van der Waals surface area contributed by atoms with Crippen LogP contribution in [0.1, 0.15) is 57.0 Å². The number of hydrogen-bond acceptors (Lipinski definition) is 5. The molecule has 0 atom stereocenters. The van der Waals surface area contributed by atoms with E-state index in [-0.39, 0.29) is 22.6 Å². The summed E-state index contributed by atoms with van der Waals surface area (Å²) < 4.78 is 5.87. The van der Waals surface area contributed by atoms with Crippen molar-refractivity contribution in [2.75, 3.05) is 6.61 Å². The summed E-state index contributed by atoms with van der Waals surface area (Å²) in [7, 11) is 0. The summed E-state index contributed by atoms with van der Waals surface area (Å²) in [4.78, 5) is 22.1. The first-order chi connectivity index (χ1) is 9.94. The number of ether oxygens (including phenoxy) is 1. The van der Waals surface area contributed by atoms with Gasteiger partial charge in [0.25, 0.3) is 5.69 Å². The van der Waals surface area contributed by atoms with Gasteiger partial charge in [-0.05, 0) is 58.7 Å². The number of rotatable bonds is 7. The Labute approximate surface area is 130 Å². The number of benzene rings is 1. The molecule has 0 radical (unpaired) electrons. The van der Waals surface area contributed by atoms with Crippen molar-refractivity contribution in [1.82, 2.24) is 0 Å². The number of nitro groups is 1. The first-order valence-corrected chi connectivity index (χ1v) is 7.17. The van der Waals surface area contributed by atoms with Crippen molar-refractivity contribution >= 4 is 11.5 Å². The topological polar surface area (TPSA) is 95.5 Å². The van der Waals surface area contributed by atoms with Crippen LogP contribution in [0, 0.1) is 10.1 Å². The molecule has 0 aliphatic heterocycles. The number of hydrogen-bond donors (Lipinski definition) is 1.